The largest absolute Gasteiger partial charge is 0.235 e. The van der Waals surface area contributed by atoms with Gasteiger partial charge in [-0.15, -0.1) is 4.91 Å². The van der Waals surface area contributed by atoms with Crippen LogP contribution in [0.3, 0.4) is 0 Å². The lowest BCUT2D eigenvalue weighted by Gasteiger charge is -1.65. The number of aromatic nitrogens is 1. The summed E-state index contributed by atoms with van der Waals surface area (Å²) in [5.74, 6) is 0. The summed E-state index contributed by atoms with van der Waals surface area (Å²) in [5.41, 5.74) is 0. The molecule has 0 N–H and O–H groups in total. The molecule has 8 heavy (non-hydrogen) atoms. The molecule has 5 heteroatoms. The average molecular weight is 193 g/mol. The molecular formula is C3HBrN2OS. The van der Waals surface area contributed by atoms with Gasteiger partial charge in [-0.2, -0.15) is 0 Å². The Morgan fingerprint density at radius 2 is 2.62 bits per heavy atom. The van der Waals surface area contributed by atoms with E-state index in [0.29, 0.717) is 8.92 Å². The Bertz CT molecular complexity index is 199. The second-order valence-electron chi connectivity index (χ2n) is 1.04. The number of nitroso groups, excluding NO2 is 1. The van der Waals surface area contributed by atoms with Crippen molar-refractivity contribution in [3.8, 4) is 0 Å². The van der Waals surface area contributed by atoms with Gasteiger partial charge in [0.05, 0.1) is 6.20 Å². The fourth-order valence-corrected chi connectivity index (χ4v) is 1.31. The van der Waals surface area contributed by atoms with Crippen LogP contribution in [-0.4, -0.2) is 4.98 Å². The van der Waals surface area contributed by atoms with Gasteiger partial charge in [0.15, 0.2) is 8.92 Å². The molecule has 0 aliphatic carbocycles. The van der Waals surface area contributed by atoms with Gasteiger partial charge < -0.3 is 0 Å². The van der Waals surface area contributed by atoms with E-state index in [1.807, 2.05) is 0 Å². The second-order valence-corrected chi connectivity index (χ2v) is 3.33. The summed E-state index contributed by atoms with van der Waals surface area (Å²) in [7, 11) is 0. The van der Waals surface area contributed by atoms with Crippen LogP contribution in [0.2, 0.25) is 0 Å². The van der Waals surface area contributed by atoms with Gasteiger partial charge in [0.2, 0.25) is 0 Å². The molecule has 42 valence electrons. The molecule has 0 unspecified atom stereocenters. The topological polar surface area (TPSA) is 42.3 Å². The van der Waals surface area contributed by atoms with Gasteiger partial charge in [-0.05, 0) is 21.1 Å². The van der Waals surface area contributed by atoms with Crippen LogP contribution >= 0.6 is 27.3 Å². The number of hydrogen-bond acceptors (Lipinski definition) is 4. The normalized spacial score (nSPS) is 9.12. The zero-order chi connectivity index (χ0) is 5.98. The zero-order valence-electron chi connectivity index (χ0n) is 3.67. The summed E-state index contributed by atoms with van der Waals surface area (Å²) >= 11 is 4.30. The summed E-state index contributed by atoms with van der Waals surface area (Å²) < 4.78 is 0.687. The molecule has 0 radical (unpaired) electrons. The van der Waals surface area contributed by atoms with E-state index in [1.54, 1.807) is 0 Å². The first-order valence-electron chi connectivity index (χ1n) is 1.77. The molecule has 0 bridgehead atoms. The zero-order valence-corrected chi connectivity index (χ0v) is 6.07. The second kappa shape index (κ2) is 2.32. The third kappa shape index (κ3) is 1.10. The molecule has 1 rings (SSSR count). The lowest BCUT2D eigenvalue weighted by atomic mass is 10.9. The van der Waals surface area contributed by atoms with Crippen molar-refractivity contribution in [2.24, 2.45) is 5.18 Å². The van der Waals surface area contributed by atoms with Crippen LogP contribution in [0.4, 0.5) is 5.00 Å². The van der Waals surface area contributed by atoms with Gasteiger partial charge in [0.25, 0.3) is 0 Å². The van der Waals surface area contributed by atoms with Gasteiger partial charge >= 0.3 is 0 Å². The van der Waals surface area contributed by atoms with Crippen molar-refractivity contribution < 1.29 is 0 Å². The predicted molar refractivity (Wildman–Crippen MR) is 35.3 cm³/mol. The molecule has 0 aliphatic heterocycles. The predicted octanol–water partition coefficient (Wildman–Crippen LogP) is 2.30. The standard InChI is InChI=1S/C3HBrN2OS/c4-3-5-1-2(6-7)8-3/h1H. The van der Waals surface area contributed by atoms with Crippen molar-refractivity contribution in [3.63, 3.8) is 0 Å². The SMILES string of the molecule is O=Nc1cnc(Br)s1. The number of nitrogens with zero attached hydrogens (tertiary/aromatic N) is 2. The van der Waals surface area contributed by atoms with Crippen molar-refractivity contribution in [3.05, 3.63) is 15.0 Å². The van der Waals surface area contributed by atoms with Gasteiger partial charge in [-0.25, -0.2) is 4.98 Å². The van der Waals surface area contributed by atoms with Crippen LogP contribution < -0.4 is 0 Å². The van der Waals surface area contributed by atoms with Crippen molar-refractivity contribution in [1.29, 1.82) is 0 Å². The molecule has 1 heterocycles. The highest BCUT2D eigenvalue weighted by atomic mass is 79.9. The number of thiazole rings is 1. The van der Waals surface area contributed by atoms with Gasteiger partial charge in [0.1, 0.15) is 0 Å². The minimum absolute atomic E-state index is 0.400. The van der Waals surface area contributed by atoms with E-state index >= 15 is 0 Å². The van der Waals surface area contributed by atoms with Crippen molar-refractivity contribution in [1.82, 2.24) is 4.98 Å². The quantitative estimate of drug-likeness (QED) is 0.642. The molecule has 0 spiro atoms. The van der Waals surface area contributed by atoms with E-state index in [4.69, 9.17) is 0 Å². The molecule has 1 aromatic heterocycles. The highest BCUT2D eigenvalue weighted by Crippen LogP contribution is 2.24. The molecule has 0 aromatic carbocycles. The maximum Gasteiger partial charge on any atom is 0.181 e. The lowest BCUT2D eigenvalue weighted by molar-refractivity contribution is 1.37. The first kappa shape index (κ1) is 5.84. The highest BCUT2D eigenvalue weighted by molar-refractivity contribution is 9.11. The smallest absolute Gasteiger partial charge is 0.181 e. The van der Waals surface area contributed by atoms with Crippen LogP contribution in [-0.2, 0) is 0 Å². The molecule has 3 nitrogen and oxygen atoms in total. The number of rotatable bonds is 1. The van der Waals surface area contributed by atoms with Gasteiger partial charge in [0, 0.05) is 0 Å². The van der Waals surface area contributed by atoms with E-state index in [9.17, 15) is 4.91 Å². The van der Waals surface area contributed by atoms with Crippen molar-refractivity contribution in [2.75, 3.05) is 0 Å². The van der Waals surface area contributed by atoms with Crippen LogP contribution in [0.25, 0.3) is 0 Å². The van der Waals surface area contributed by atoms with Crippen LogP contribution in [0.15, 0.2) is 15.3 Å². The first-order valence-corrected chi connectivity index (χ1v) is 3.38. The van der Waals surface area contributed by atoms with E-state index in [0.717, 1.165) is 0 Å². The molecule has 0 amide bonds. The summed E-state index contributed by atoms with van der Waals surface area (Å²) in [6.07, 6.45) is 1.42. The minimum Gasteiger partial charge on any atom is -0.235 e. The Morgan fingerprint density at radius 3 is 2.88 bits per heavy atom. The van der Waals surface area contributed by atoms with Crippen LogP contribution in [0.5, 0.6) is 0 Å². The number of halogens is 1. The molecule has 1 aromatic rings. The Labute approximate surface area is 57.9 Å². The highest BCUT2D eigenvalue weighted by Gasteiger charge is 1.94. The Hall–Kier alpha value is -0.290. The van der Waals surface area contributed by atoms with Gasteiger partial charge in [-0.3, -0.25) is 0 Å². The Morgan fingerprint density at radius 1 is 1.88 bits per heavy atom. The minimum atomic E-state index is 0.400. The fourth-order valence-electron chi connectivity index (χ4n) is 0.287. The van der Waals surface area contributed by atoms with Crippen LogP contribution in [0, 0.1) is 4.91 Å². The first-order chi connectivity index (χ1) is 3.83. The van der Waals surface area contributed by atoms with Crippen molar-refractivity contribution >= 4 is 32.3 Å². The molecule has 0 atom stereocenters. The Balaban J connectivity index is 3.00. The van der Waals surface area contributed by atoms with E-state index < -0.39 is 0 Å². The summed E-state index contributed by atoms with van der Waals surface area (Å²) in [6.45, 7) is 0. The molecule has 0 fully saturated rings. The van der Waals surface area contributed by atoms with E-state index in [1.165, 1.54) is 17.5 Å². The Kier molecular flexibility index (Phi) is 1.69. The fraction of sp³-hybridized carbons (Fsp3) is 0. The summed E-state index contributed by atoms with van der Waals surface area (Å²) in [4.78, 5) is 13.4. The van der Waals surface area contributed by atoms with E-state index in [2.05, 4.69) is 26.1 Å². The number of hydrogen-bond donors (Lipinski definition) is 0. The summed E-state index contributed by atoms with van der Waals surface area (Å²) in [6, 6.07) is 0. The summed E-state index contributed by atoms with van der Waals surface area (Å²) in [5, 5.41) is 3.07. The molecule has 0 saturated carbocycles. The van der Waals surface area contributed by atoms with Crippen molar-refractivity contribution in [2.45, 2.75) is 0 Å². The monoisotopic (exact) mass is 192 g/mol. The molecular weight excluding hydrogens is 192 g/mol. The lowest BCUT2D eigenvalue weighted by Crippen LogP contribution is -1.48. The maximum absolute atomic E-state index is 9.72. The average Bonchev–Trinajstić information content (AvgIpc) is 2.14. The third-order valence-electron chi connectivity index (χ3n) is 0.555. The van der Waals surface area contributed by atoms with Gasteiger partial charge in [-0.1, -0.05) is 11.3 Å². The molecule has 0 aliphatic rings. The van der Waals surface area contributed by atoms with Crippen LogP contribution in [0.1, 0.15) is 0 Å². The maximum atomic E-state index is 9.72. The van der Waals surface area contributed by atoms with E-state index in [-0.39, 0.29) is 0 Å². The third-order valence-corrected chi connectivity index (χ3v) is 1.91. The molecule has 0 saturated heterocycles.